The van der Waals surface area contributed by atoms with E-state index in [2.05, 4.69) is 27.3 Å². The van der Waals surface area contributed by atoms with Crippen molar-refractivity contribution in [3.63, 3.8) is 0 Å². The fourth-order valence-corrected chi connectivity index (χ4v) is 3.69. The minimum Gasteiger partial charge on any atom is -0.493 e. The standard InChI is InChI=1S/C21H19N5O2/c1-27-20-8-6-15(11-23-20)17-12-22-19(26-13-24-25-21(17)26)7-5-14-3-2-4-18-16(14)9-10-28-18/h2-4,6,8,11-13H,5,7,9-10H2,1H3. The molecule has 0 aliphatic carbocycles. The van der Waals surface area contributed by atoms with Gasteiger partial charge in [-0.25, -0.2) is 9.97 Å². The van der Waals surface area contributed by atoms with E-state index < -0.39 is 0 Å². The summed E-state index contributed by atoms with van der Waals surface area (Å²) in [5.74, 6) is 2.52. The molecule has 1 aliphatic rings. The summed E-state index contributed by atoms with van der Waals surface area (Å²) >= 11 is 0. The third-order valence-electron chi connectivity index (χ3n) is 5.12. The molecular formula is C21H19N5O2. The second-order valence-electron chi connectivity index (χ2n) is 6.69. The summed E-state index contributed by atoms with van der Waals surface area (Å²) < 4.78 is 12.8. The lowest BCUT2D eigenvalue weighted by molar-refractivity contribution is 0.357. The Kier molecular flexibility index (Phi) is 4.12. The average Bonchev–Trinajstić information content (AvgIpc) is 3.42. The molecule has 0 unspecified atom stereocenters. The molecule has 140 valence electrons. The van der Waals surface area contributed by atoms with E-state index in [1.807, 2.05) is 28.8 Å². The predicted octanol–water partition coefficient (Wildman–Crippen LogP) is 2.92. The van der Waals surface area contributed by atoms with Crippen LogP contribution < -0.4 is 9.47 Å². The molecule has 28 heavy (non-hydrogen) atoms. The molecule has 0 N–H and O–H groups in total. The molecule has 0 amide bonds. The summed E-state index contributed by atoms with van der Waals surface area (Å²) in [6, 6.07) is 10.0. The summed E-state index contributed by atoms with van der Waals surface area (Å²) in [6.07, 6.45) is 8.00. The Morgan fingerprint density at radius 2 is 2.07 bits per heavy atom. The number of methoxy groups -OCH3 is 1. The highest BCUT2D eigenvalue weighted by Gasteiger charge is 2.17. The van der Waals surface area contributed by atoms with E-state index in [0.29, 0.717) is 5.88 Å². The van der Waals surface area contributed by atoms with Crippen LogP contribution in [0.5, 0.6) is 11.6 Å². The number of rotatable bonds is 5. The van der Waals surface area contributed by atoms with Gasteiger partial charge in [0.15, 0.2) is 5.65 Å². The summed E-state index contributed by atoms with van der Waals surface area (Å²) in [5.41, 5.74) is 5.24. The highest BCUT2D eigenvalue weighted by atomic mass is 16.5. The lowest BCUT2D eigenvalue weighted by atomic mass is 10.0. The molecule has 0 bridgehead atoms. The van der Waals surface area contributed by atoms with Gasteiger partial charge in [-0.3, -0.25) is 4.40 Å². The Labute approximate surface area is 162 Å². The van der Waals surface area contributed by atoms with E-state index in [1.165, 1.54) is 11.1 Å². The first-order valence-electron chi connectivity index (χ1n) is 9.25. The van der Waals surface area contributed by atoms with Gasteiger partial charge in [0.25, 0.3) is 0 Å². The van der Waals surface area contributed by atoms with Gasteiger partial charge < -0.3 is 9.47 Å². The summed E-state index contributed by atoms with van der Waals surface area (Å²) in [4.78, 5) is 8.98. The van der Waals surface area contributed by atoms with Crippen molar-refractivity contribution in [1.82, 2.24) is 24.6 Å². The van der Waals surface area contributed by atoms with Crippen molar-refractivity contribution in [3.05, 3.63) is 66.0 Å². The molecule has 7 heteroatoms. The quantitative estimate of drug-likeness (QED) is 0.535. The average molecular weight is 373 g/mol. The van der Waals surface area contributed by atoms with Gasteiger partial charge in [-0.15, -0.1) is 10.2 Å². The molecule has 1 aromatic carbocycles. The predicted molar refractivity (Wildman–Crippen MR) is 104 cm³/mol. The van der Waals surface area contributed by atoms with Crippen LogP contribution in [0.15, 0.2) is 49.1 Å². The Morgan fingerprint density at radius 3 is 2.93 bits per heavy atom. The summed E-state index contributed by atoms with van der Waals surface area (Å²) in [5, 5.41) is 8.41. The zero-order chi connectivity index (χ0) is 18.9. The number of hydrogen-bond donors (Lipinski definition) is 0. The zero-order valence-corrected chi connectivity index (χ0v) is 15.5. The van der Waals surface area contributed by atoms with Crippen molar-refractivity contribution >= 4 is 5.65 Å². The van der Waals surface area contributed by atoms with E-state index in [1.54, 1.807) is 19.6 Å². The number of ether oxygens (including phenoxy) is 2. The molecule has 1 aliphatic heterocycles. The minimum absolute atomic E-state index is 0.574. The van der Waals surface area contributed by atoms with E-state index in [9.17, 15) is 0 Å². The van der Waals surface area contributed by atoms with Crippen LogP contribution in [0.25, 0.3) is 16.8 Å². The highest BCUT2D eigenvalue weighted by Crippen LogP contribution is 2.29. The molecule has 0 atom stereocenters. The molecule has 5 rings (SSSR count). The minimum atomic E-state index is 0.574. The van der Waals surface area contributed by atoms with Crippen molar-refractivity contribution in [2.45, 2.75) is 19.3 Å². The van der Waals surface area contributed by atoms with Crippen LogP contribution >= 0.6 is 0 Å². The maximum absolute atomic E-state index is 5.67. The topological polar surface area (TPSA) is 74.4 Å². The van der Waals surface area contributed by atoms with Crippen molar-refractivity contribution in [3.8, 4) is 22.8 Å². The Morgan fingerprint density at radius 1 is 1.11 bits per heavy atom. The van der Waals surface area contributed by atoms with Crippen LogP contribution in [0.4, 0.5) is 0 Å². The smallest absolute Gasteiger partial charge is 0.212 e. The summed E-state index contributed by atoms with van der Waals surface area (Å²) in [6.45, 7) is 0.769. The van der Waals surface area contributed by atoms with Crippen LogP contribution in [0.1, 0.15) is 17.0 Å². The molecule has 7 nitrogen and oxygen atoms in total. The molecular weight excluding hydrogens is 354 g/mol. The zero-order valence-electron chi connectivity index (χ0n) is 15.5. The monoisotopic (exact) mass is 373 g/mol. The normalized spacial score (nSPS) is 12.8. The molecule has 0 saturated carbocycles. The van der Waals surface area contributed by atoms with Crippen LogP contribution in [0.2, 0.25) is 0 Å². The highest BCUT2D eigenvalue weighted by molar-refractivity contribution is 5.76. The Balaban J connectivity index is 1.45. The van der Waals surface area contributed by atoms with Crippen molar-refractivity contribution < 1.29 is 9.47 Å². The fourth-order valence-electron chi connectivity index (χ4n) is 3.69. The summed E-state index contributed by atoms with van der Waals surface area (Å²) in [7, 11) is 1.60. The number of aromatic nitrogens is 5. The number of pyridine rings is 1. The third kappa shape index (κ3) is 2.85. The van der Waals surface area contributed by atoms with Crippen molar-refractivity contribution in [2.75, 3.05) is 13.7 Å². The van der Waals surface area contributed by atoms with Gasteiger partial charge in [-0.2, -0.15) is 0 Å². The third-order valence-corrected chi connectivity index (χ3v) is 5.12. The molecule has 0 saturated heterocycles. The molecule has 0 spiro atoms. The Bertz CT molecular complexity index is 1140. The van der Waals surface area contributed by atoms with Crippen LogP contribution in [0.3, 0.4) is 0 Å². The second-order valence-corrected chi connectivity index (χ2v) is 6.69. The molecule has 3 aromatic heterocycles. The van der Waals surface area contributed by atoms with E-state index in [0.717, 1.165) is 54.2 Å². The first-order valence-corrected chi connectivity index (χ1v) is 9.25. The largest absolute Gasteiger partial charge is 0.493 e. The number of fused-ring (bicyclic) bond motifs is 2. The van der Waals surface area contributed by atoms with Gasteiger partial charge in [-0.05, 0) is 24.1 Å². The van der Waals surface area contributed by atoms with Crippen molar-refractivity contribution in [2.24, 2.45) is 0 Å². The van der Waals surface area contributed by atoms with Gasteiger partial charge >= 0.3 is 0 Å². The van der Waals surface area contributed by atoms with Gasteiger partial charge in [0.2, 0.25) is 5.88 Å². The Hall–Kier alpha value is -3.48. The molecule has 4 heterocycles. The van der Waals surface area contributed by atoms with Gasteiger partial charge in [0, 0.05) is 48.0 Å². The van der Waals surface area contributed by atoms with Gasteiger partial charge in [0.1, 0.15) is 17.9 Å². The number of benzene rings is 1. The van der Waals surface area contributed by atoms with Crippen LogP contribution in [-0.4, -0.2) is 38.3 Å². The van der Waals surface area contributed by atoms with Crippen molar-refractivity contribution in [1.29, 1.82) is 0 Å². The lowest BCUT2D eigenvalue weighted by Gasteiger charge is -2.10. The van der Waals surface area contributed by atoms with Crippen LogP contribution in [-0.2, 0) is 19.3 Å². The maximum Gasteiger partial charge on any atom is 0.212 e. The number of aryl methyl sites for hydroxylation is 2. The molecule has 4 aromatic rings. The number of nitrogens with zero attached hydrogens (tertiary/aromatic N) is 5. The first kappa shape index (κ1) is 16.7. The van der Waals surface area contributed by atoms with Crippen LogP contribution in [0, 0.1) is 0 Å². The van der Waals surface area contributed by atoms with E-state index in [4.69, 9.17) is 14.5 Å². The first-order chi connectivity index (χ1) is 13.8. The maximum atomic E-state index is 5.67. The second kappa shape index (κ2) is 6.92. The SMILES string of the molecule is COc1ccc(-c2cnc(CCc3cccc4c3CCO4)n3cnnc23)cn1. The number of hydrogen-bond acceptors (Lipinski definition) is 6. The fraction of sp³-hybridized carbons (Fsp3) is 0.238. The lowest BCUT2D eigenvalue weighted by Crippen LogP contribution is -2.05. The molecule has 0 fully saturated rings. The van der Waals surface area contributed by atoms with Gasteiger partial charge in [0.05, 0.1) is 13.7 Å². The van der Waals surface area contributed by atoms with Gasteiger partial charge in [-0.1, -0.05) is 12.1 Å². The van der Waals surface area contributed by atoms with E-state index in [-0.39, 0.29) is 0 Å². The van der Waals surface area contributed by atoms with E-state index >= 15 is 0 Å². The molecule has 0 radical (unpaired) electrons.